The number of allylic oxidation sites excluding steroid dienone is 8. The van der Waals surface area contributed by atoms with E-state index in [4.69, 9.17) is 15.1 Å². The average Bonchev–Trinajstić information content (AvgIpc) is 2.83. The maximum atomic E-state index is 8.42. The van der Waals surface area contributed by atoms with Crippen molar-refractivity contribution in [2.24, 2.45) is 0 Å². The summed E-state index contributed by atoms with van der Waals surface area (Å²) < 4.78 is 0. The van der Waals surface area contributed by atoms with Crippen LogP contribution in [0.5, 0.6) is 0 Å². The van der Waals surface area contributed by atoms with Gasteiger partial charge in [-0.2, -0.15) is 12.2 Å². The Labute approximate surface area is 110 Å². The van der Waals surface area contributed by atoms with Crippen molar-refractivity contribution in [3.63, 3.8) is 0 Å². The largest absolute Gasteiger partial charge is 3.00 e. The van der Waals surface area contributed by atoms with E-state index in [2.05, 4.69) is 24.3 Å². The Hall–Kier alpha value is -0.212. The second-order valence-electron chi connectivity index (χ2n) is 2.29. The van der Waals surface area contributed by atoms with Crippen LogP contribution in [0.2, 0.25) is 0 Å². The molecule has 0 atom stereocenters. The molecular weight excluding hydrogens is 270 g/mol. The van der Waals surface area contributed by atoms with Crippen LogP contribution in [0.4, 0.5) is 0 Å². The van der Waals surface area contributed by atoms with Gasteiger partial charge >= 0.3 is 26.2 Å². The van der Waals surface area contributed by atoms with Crippen molar-refractivity contribution in [3.8, 4) is 0 Å². The standard InChI is InChI=1S/2C5H5.BO3.Zr/c2*1-2-4-5-3-1;2-1(3)4;/h2*1-3H,4H2;;/q2*-1;-3;+3. The number of hydrogen-bond donors (Lipinski definition) is 0. The molecule has 0 aromatic heterocycles. The van der Waals surface area contributed by atoms with Gasteiger partial charge in [0.1, 0.15) is 0 Å². The van der Waals surface area contributed by atoms with Crippen molar-refractivity contribution in [2.45, 2.75) is 12.8 Å². The van der Waals surface area contributed by atoms with E-state index in [0.29, 0.717) is 0 Å². The summed E-state index contributed by atoms with van der Waals surface area (Å²) in [6, 6.07) is 0. The van der Waals surface area contributed by atoms with Crippen molar-refractivity contribution >= 4 is 7.32 Å². The molecule has 0 spiro atoms. The molecule has 5 heteroatoms. The van der Waals surface area contributed by atoms with Gasteiger partial charge in [-0.15, -0.1) is 12.8 Å². The van der Waals surface area contributed by atoms with Gasteiger partial charge < -0.3 is 15.1 Å². The summed E-state index contributed by atoms with van der Waals surface area (Å²) in [5, 5.41) is 25.2. The van der Waals surface area contributed by atoms with Gasteiger partial charge in [-0.05, 0) is 0 Å². The van der Waals surface area contributed by atoms with Crippen LogP contribution < -0.4 is 15.1 Å². The van der Waals surface area contributed by atoms with Crippen molar-refractivity contribution < 1.29 is 41.3 Å². The predicted octanol–water partition coefficient (Wildman–Crippen LogP) is -1.34. The molecule has 0 bridgehead atoms. The molecule has 77 valence electrons. The van der Waals surface area contributed by atoms with Gasteiger partial charge in [-0.3, -0.25) is 19.5 Å². The Bertz CT molecular complexity index is 190. The van der Waals surface area contributed by atoms with E-state index in [1.807, 2.05) is 24.3 Å². The second kappa shape index (κ2) is 13.8. The molecule has 0 fully saturated rings. The van der Waals surface area contributed by atoms with Crippen LogP contribution >= 0.6 is 0 Å². The van der Waals surface area contributed by atoms with Crippen molar-refractivity contribution in [1.29, 1.82) is 0 Å². The Morgan fingerprint density at radius 2 is 1.20 bits per heavy atom. The van der Waals surface area contributed by atoms with Gasteiger partial charge in [-0.25, -0.2) is 24.3 Å². The molecule has 0 aromatic rings. The fraction of sp³-hybridized carbons (Fsp3) is 0.200. The normalized spacial score (nSPS) is 13.5. The molecular formula is C10H10BO3Zr-2. The second-order valence-corrected chi connectivity index (χ2v) is 2.29. The number of rotatable bonds is 0. The molecule has 2 aliphatic carbocycles. The molecule has 0 saturated heterocycles. The molecule has 0 N–H and O–H groups in total. The summed E-state index contributed by atoms with van der Waals surface area (Å²) >= 11 is 0. The zero-order valence-corrected chi connectivity index (χ0v) is 10.6. The average molecular weight is 280 g/mol. The minimum atomic E-state index is -2.92. The van der Waals surface area contributed by atoms with E-state index in [0.717, 1.165) is 12.8 Å². The maximum absolute atomic E-state index is 8.42. The first-order chi connectivity index (χ1) is 6.73. The van der Waals surface area contributed by atoms with Crippen LogP contribution in [0.1, 0.15) is 12.8 Å². The summed E-state index contributed by atoms with van der Waals surface area (Å²) in [6.07, 6.45) is 20.0. The molecule has 0 unspecified atom stereocenters. The molecule has 1 radical (unpaired) electrons. The quantitative estimate of drug-likeness (QED) is 0.407. The fourth-order valence-corrected chi connectivity index (χ4v) is 0.680. The molecule has 2 aliphatic rings. The molecule has 3 nitrogen and oxygen atoms in total. The summed E-state index contributed by atoms with van der Waals surface area (Å²) in [5.41, 5.74) is 0. The predicted molar refractivity (Wildman–Crippen MR) is 48.9 cm³/mol. The van der Waals surface area contributed by atoms with Gasteiger partial charge in [0.2, 0.25) is 0 Å². The third kappa shape index (κ3) is 20.0. The van der Waals surface area contributed by atoms with Crippen LogP contribution in [0.25, 0.3) is 0 Å². The smallest absolute Gasteiger partial charge is 0.907 e. The first-order valence-corrected chi connectivity index (χ1v) is 4.14. The van der Waals surface area contributed by atoms with E-state index in [1.54, 1.807) is 0 Å². The van der Waals surface area contributed by atoms with Crippen LogP contribution in [-0.2, 0) is 26.2 Å². The minimum absolute atomic E-state index is 0. The Kier molecular flexibility index (Phi) is 15.8. The van der Waals surface area contributed by atoms with Crippen molar-refractivity contribution in [3.05, 3.63) is 48.6 Å². The molecule has 0 amide bonds. The Morgan fingerprint density at radius 1 is 0.867 bits per heavy atom. The van der Waals surface area contributed by atoms with Crippen LogP contribution in [-0.4, -0.2) is 7.32 Å². The monoisotopic (exact) mass is 279 g/mol. The summed E-state index contributed by atoms with van der Waals surface area (Å²) in [5.74, 6) is 0. The third-order valence-corrected chi connectivity index (χ3v) is 1.17. The zero-order chi connectivity index (χ0) is 10.6. The minimum Gasteiger partial charge on any atom is -0.907 e. The third-order valence-electron chi connectivity index (χ3n) is 1.17. The number of hydrogen-bond acceptors (Lipinski definition) is 3. The van der Waals surface area contributed by atoms with E-state index in [9.17, 15) is 0 Å². The summed E-state index contributed by atoms with van der Waals surface area (Å²) in [7, 11) is -2.92. The van der Waals surface area contributed by atoms with Gasteiger partial charge in [0, 0.05) is 0 Å². The van der Waals surface area contributed by atoms with Crippen LogP contribution in [0, 0.1) is 12.2 Å². The maximum Gasteiger partial charge on any atom is 3.00 e. The molecule has 0 aromatic carbocycles. The van der Waals surface area contributed by atoms with Gasteiger partial charge in [-0.1, -0.05) is 0 Å². The summed E-state index contributed by atoms with van der Waals surface area (Å²) in [6.45, 7) is 0. The van der Waals surface area contributed by atoms with Gasteiger partial charge in [0.15, 0.2) is 0 Å². The SMILES string of the molecule is [C-]1=CC=CC1.[C-]1=CC=CC1.[O-]B([O-])[O-].[Zr+3]. The Morgan fingerprint density at radius 3 is 1.27 bits per heavy atom. The van der Waals surface area contributed by atoms with Crippen LogP contribution in [0.15, 0.2) is 36.5 Å². The molecule has 0 heterocycles. The van der Waals surface area contributed by atoms with E-state index in [-0.39, 0.29) is 26.2 Å². The molecule has 0 aliphatic heterocycles. The molecule has 2 rings (SSSR count). The van der Waals surface area contributed by atoms with E-state index < -0.39 is 7.32 Å². The van der Waals surface area contributed by atoms with Crippen LogP contribution in [0.3, 0.4) is 0 Å². The first kappa shape index (κ1) is 17.2. The molecule has 15 heavy (non-hydrogen) atoms. The van der Waals surface area contributed by atoms with E-state index in [1.165, 1.54) is 0 Å². The fourth-order valence-electron chi connectivity index (χ4n) is 0.680. The van der Waals surface area contributed by atoms with Gasteiger partial charge in [0.25, 0.3) is 0 Å². The topological polar surface area (TPSA) is 69.2 Å². The first-order valence-electron chi connectivity index (χ1n) is 4.14. The Balaban J connectivity index is 0. The van der Waals surface area contributed by atoms with Crippen molar-refractivity contribution in [2.75, 3.05) is 0 Å². The summed E-state index contributed by atoms with van der Waals surface area (Å²) in [4.78, 5) is 0. The van der Waals surface area contributed by atoms with Gasteiger partial charge in [0.05, 0.1) is 0 Å². The molecule has 0 saturated carbocycles. The zero-order valence-electron chi connectivity index (χ0n) is 8.18. The van der Waals surface area contributed by atoms with Crippen molar-refractivity contribution in [1.82, 2.24) is 0 Å². The van der Waals surface area contributed by atoms with E-state index >= 15 is 0 Å².